The Balaban J connectivity index is 1.82. The molecule has 0 aromatic heterocycles. The fourth-order valence-electron chi connectivity index (χ4n) is 8.05. The molecule has 0 aliphatic heterocycles. The first-order chi connectivity index (χ1) is 17.3. The van der Waals surface area contributed by atoms with Crippen LogP contribution >= 0.6 is 11.6 Å². The van der Waals surface area contributed by atoms with E-state index in [9.17, 15) is 24.3 Å². The van der Waals surface area contributed by atoms with Crippen LogP contribution in [0.15, 0.2) is 23.8 Å². The van der Waals surface area contributed by atoms with Crippen molar-refractivity contribution < 1.29 is 38.1 Å². The number of hydrogen-bond donors (Lipinski definition) is 1. The predicted molar refractivity (Wildman–Crippen MR) is 133 cm³/mol. The summed E-state index contributed by atoms with van der Waals surface area (Å²) in [6.45, 7) is 8.09. The van der Waals surface area contributed by atoms with Crippen LogP contribution in [0.5, 0.6) is 0 Å². The molecule has 0 heterocycles. The number of allylic oxidation sites excluding steroid dienone is 4. The maximum Gasteiger partial charge on any atom is 0.306 e. The van der Waals surface area contributed by atoms with Gasteiger partial charge in [0, 0.05) is 35.5 Å². The first-order valence-corrected chi connectivity index (χ1v) is 13.5. The maximum absolute atomic E-state index is 15.9. The number of carbonyl (C=O) groups is 4. The standard InChI is InChI=1S/C28H36ClFO7/c1-6-20(34)36-13-19(33)28(37-21(35)7-2)14(3)10-16-22-23(18(32)12-27(16,28)5)26(4)9-8-15(31)11-17(26)25(30)24(22)29/h8-9,11,14,16,18,22-25,32H,6-7,10,12-13H2,1-5H3/t14-,16+,18+,22+,23+,24+,25+,26+,27+,28-/m1/s1. The summed E-state index contributed by atoms with van der Waals surface area (Å²) in [5.41, 5.74) is -3.44. The number of ether oxygens (including phenoxy) is 2. The van der Waals surface area contributed by atoms with Gasteiger partial charge in [0.15, 0.2) is 18.0 Å². The number of alkyl halides is 2. The van der Waals surface area contributed by atoms with Crippen LogP contribution in [0.4, 0.5) is 4.39 Å². The molecule has 0 aromatic rings. The molecule has 37 heavy (non-hydrogen) atoms. The SMILES string of the molecule is CCC(=O)OCC(=O)[C@]1(OC(=O)CC)[C@H](C)C[C@H]2[C@@H]3[C@H](Cl)[C@@H](F)C4=CC(=O)C=C[C@]4(C)[C@H]3[C@@H](O)C[C@@]21C. The van der Waals surface area contributed by atoms with Crippen molar-refractivity contribution in [1.29, 1.82) is 0 Å². The largest absolute Gasteiger partial charge is 0.457 e. The topological polar surface area (TPSA) is 107 Å². The molecule has 0 unspecified atom stereocenters. The molecule has 0 radical (unpaired) electrons. The summed E-state index contributed by atoms with van der Waals surface area (Å²) in [5, 5.41) is 10.6. The molecule has 0 amide bonds. The predicted octanol–water partition coefficient (Wildman–Crippen LogP) is 3.89. The molecular weight excluding hydrogens is 503 g/mol. The van der Waals surface area contributed by atoms with Gasteiger partial charge in [-0.05, 0) is 42.4 Å². The first-order valence-electron chi connectivity index (χ1n) is 13.1. The number of fused-ring (bicyclic) bond motifs is 5. The number of aliphatic hydroxyl groups excluding tert-OH is 1. The third kappa shape index (κ3) is 3.92. The maximum atomic E-state index is 15.9. The summed E-state index contributed by atoms with van der Waals surface area (Å²) < 4.78 is 27.1. The van der Waals surface area contributed by atoms with Crippen LogP contribution in [-0.4, -0.2) is 58.5 Å². The fraction of sp³-hybridized carbons (Fsp3) is 0.714. The Morgan fingerprint density at radius 1 is 1.19 bits per heavy atom. The lowest BCUT2D eigenvalue weighted by Gasteiger charge is -2.61. The Labute approximate surface area is 221 Å². The van der Waals surface area contributed by atoms with Gasteiger partial charge in [-0.1, -0.05) is 40.7 Å². The summed E-state index contributed by atoms with van der Waals surface area (Å²) in [6, 6.07) is 0. The monoisotopic (exact) mass is 538 g/mol. The van der Waals surface area contributed by atoms with Gasteiger partial charge >= 0.3 is 11.9 Å². The molecule has 9 heteroatoms. The lowest BCUT2D eigenvalue weighted by Crippen LogP contribution is -2.66. The fourth-order valence-corrected chi connectivity index (χ4v) is 8.52. The Morgan fingerprint density at radius 2 is 1.84 bits per heavy atom. The molecule has 1 N–H and O–H groups in total. The van der Waals surface area contributed by atoms with Crippen LogP contribution in [-0.2, 0) is 28.7 Å². The number of carbonyl (C=O) groups excluding carboxylic acids is 4. The highest BCUT2D eigenvalue weighted by Crippen LogP contribution is 2.70. The van der Waals surface area contributed by atoms with Crippen molar-refractivity contribution in [1.82, 2.24) is 0 Å². The van der Waals surface area contributed by atoms with Crippen molar-refractivity contribution >= 4 is 35.1 Å². The highest BCUT2D eigenvalue weighted by molar-refractivity contribution is 6.21. The Bertz CT molecular complexity index is 1070. The lowest BCUT2D eigenvalue weighted by molar-refractivity contribution is -0.206. The van der Waals surface area contributed by atoms with E-state index in [1.807, 2.05) is 6.92 Å². The quantitative estimate of drug-likeness (QED) is 0.404. The number of hydrogen-bond acceptors (Lipinski definition) is 7. The van der Waals surface area contributed by atoms with Gasteiger partial charge in [0.2, 0.25) is 5.78 Å². The van der Waals surface area contributed by atoms with Gasteiger partial charge in [-0.15, -0.1) is 11.6 Å². The van der Waals surface area contributed by atoms with Gasteiger partial charge in [0.25, 0.3) is 0 Å². The number of rotatable bonds is 6. The van der Waals surface area contributed by atoms with Gasteiger partial charge < -0.3 is 14.6 Å². The number of aliphatic hydroxyl groups is 1. The van der Waals surface area contributed by atoms with Crippen molar-refractivity contribution in [3.63, 3.8) is 0 Å². The summed E-state index contributed by atoms with van der Waals surface area (Å²) in [7, 11) is 0. The number of halogens is 2. The first kappa shape index (κ1) is 28.0. The Kier molecular flexibility index (Phi) is 7.25. The van der Waals surface area contributed by atoms with Crippen molar-refractivity contribution in [2.24, 2.45) is 34.5 Å². The van der Waals surface area contributed by atoms with E-state index in [2.05, 4.69) is 0 Å². The van der Waals surface area contributed by atoms with Gasteiger partial charge in [-0.2, -0.15) is 0 Å². The summed E-state index contributed by atoms with van der Waals surface area (Å²) in [5.74, 6) is -3.95. The molecule has 204 valence electrons. The third-order valence-corrected chi connectivity index (χ3v) is 10.2. The van der Waals surface area contributed by atoms with Gasteiger partial charge in [0.1, 0.15) is 6.17 Å². The summed E-state index contributed by atoms with van der Waals surface area (Å²) in [6.07, 6.45) is 2.32. The second-order valence-corrected chi connectivity index (χ2v) is 12.0. The molecule has 3 fully saturated rings. The van der Waals surface area contributed by atoms with Crippen molar-refractivity contribution in [3.05, 3.63) is 23.8 Å². The second-order valence-electron chi connectivity index (χ2n) is 11.5. The molecule has 0 aromatic carbocycles. The zero-order valence-electron chi connectivity index (χ0n) is 22.0. The normalized spacial score (nSPS) is 44.3. The molecule has 3 saturated carbocycles. The van der Waals surface area contributed by atoms with Crippen molar-refractivity contribution in [2.45, 2.75) is 83.6 Å². The minimum Gasteiger partial charge on any atom is -0.457 e. The van der Waals surface area contributed by atoms with Gasteiger partial charge in [0.05, 0.1) is 11.5 Å². The van der Waals surface area contributed by atoms with Gasteiger partial charge in [-0.3, -0.25) is 19.2 Å². The van der Waals surface area contributed by atoms with Crippen LogP contribution in [0.2, 0.25) is 0 Å². The van der Waals surface area contributed by atoms with E-state index in [1.165, 1.54) is 12.2 Å². The second kappa shape index (κ2) is 9.60. The molecule has 4 rings (SSSR count). The Morgan fingerprint density at radius 3 is 2.46 bits per heavy atom. The van der Waals surface area contributed by atoms with Crippen LogP contribution in [0.1, 0.15) is 60.3 Å². The Hall–Kier alpha value is -2.06. The van der Waals surface area contributed by atoms with E-state index in [0.717, 1.165) is 0 Å². The molecule has 0 saturated heterocycles. The average Bonchev–Trinajstić information content (AvgIpc) is 3.07. The number of Topliss-reactive ketones (excluding diaryl/α,β-unsaturated/α-hetero) is 1. The molecule has 0 bridgehead atoms. The number of ketones is 2. The minimum atomic E-state index is -1.68. The van der Waals surface area contributed by atoms with Crippen molar-refractivity contribution in [3.8, 4) is 0 Å². The number of esters is 2. The summed E-state index contributed by atoms with van der Waals surface area (Å²) in [4.78, 5) is 50.5. The summed E-state index contributed by atoms with van der Waals surface area (Å²) >= 11 is 6.81. The molecule has 4 aliphatic rings. The zero-order valence-corrected chi connectivity index (χ0v) is 22.7. The van der Waals surface area contributed by atoms with Crippen molar-refractivity contribution in [2.75, 3.05) is 6.61 Å². The molecular formula is C28H36ClFO7. The average molecular weight is 539 g/mol. The molecule has 10 atom stereocenters. The van der Waals surface area contributed by atoms with E-state index in [-0.39, 0.29) is 36.5 Å². The smallest absolute Gasteiger partial charge is 0.306 e. The highest BCUT2D eigenvalue weighted by Gasteiger charge is 2.74. The molecule has 0 spiro atoms. The minimum absolute atomic E-state index is 0.0294. The van der Waals surface area contributed by atoms with E-state index in [0.29, 0.717) is 6.42 Å². The zero-order chi connectivity index (χ0) is 27.5. The van der Waals surface area contributed by atoms with Gasteiger partial charge in [-0.25, -0.2) is 4.39 Å². The van der Waals surface area contributed by atoms with E-state index < -0.39 is 76.2 Å². The molecule has 7 nitrogen and oxygen atoms in total. The van der Waals surface area contributed by atoms with E-state index >= 15 is 4.39 Å². The van der Waals surface area contributed by atoms with Crippen LogP contribution in [0, 0.1) is 34.5 Å². The molecule has 4 aliphatic carbocycles. The third-order valence-electron chi connectivity index (χ3n) is 9.68. The highest BCUT2D eigenvalue weighted by atomic mass is 35.5. The van der Waals surface area contributed by atoms with Crippen LogP contribution in [0.25, 0.3) is 0 Å². The van der Waals surface area contributed by atoms with Crippen LogP contribution in [0.3, 0.4) is 0 Å². The van der Waals surface area contributed by atoms with Crippen LogP contribution < -0.4 is 0 Å². The van der Waals surface area contributed by atoms with E-state index in [1.54, 1.807) is 33.8 Å². The van der Waals surface area contributed by atoms with E-state index in [4.69, 9.17) is 21.1 Å². The lowest BCUT2D eigenvalue weighted by atomic mass is 9.45.